The molecular weight excluding hydrogens is 303 g/mol. The standard InChI is InChI=1S/C17H16ClFN2O/c1-11(2)12-6-8-13(9-7-12)17(22)21-20-10-14-15(18)4-3-5-16(14)19/h3-11H,1-2H3,(H,21,22)/b20-10+. The number of hydrazone groups is 1. The van der Waals surface area contributed by atoms with Gasteiger partial charge in [0.05, 0.1) is 11.2 Å². The summed E-state index contributed by atoms with van der Waals surface area (Å²) in [5, 5.41) is 3.98. The molecule has 0 spiro atoms. The third-order valence-corrected chi connectivity index (χ3v) is 3.53. The molecule has 2 rings (SSSR count). The number of nitrogens with one attached hydrogen (secondary N) is 1. The molecule has 0 unspecified atom stereocenters. The van der Waals surface area contributed by atoms with Crippen LogP contribution in [-0.4, -0.2) is 12.1 Å². The average Bonchev–Trinajstić information content (AvgIpc) is 2.50. The minimum absolute atomic E-state index is 0.139. The molecule has 3 nitrogen and oxygen atoms in total. The zero-order valence-electron chi connectivity index (χ0n) is 12.3. The SMILES string of the molecule is CC(C)c1ccc(C(=O)N/N=C/c2c(F)cccc2Cl)cc1. The molecule has 0 saturated carbocycles. The minimum atomic E-state index is -0.494. The highest BCUT2D eigenvalue weighted by atomic mass is 35.5. The van der Waals surface area contributed by atoms with Crippen molar-refractivity contribution in [2.24, 2.45) is 5.10 Å². The van der Waals surface area contributed by atoms with Gasteiger partial charge in [-0.1, -0.05) is 43.6 Å². The summed E-state index contributed by atoms with van der Waals surface area (Å²) in [7, 11) is 0. The second kappa shape index (κ2) is 7.18. The minimum Gasteiger partial charge on any atom is -0.267 e. The van der Waals surface area contributed by atoms with Gasteiger partial charge in [0.15, 0.2) is 0 Å². The van der Waals surface area contributed by atoms with E-state index in [9.17, 15) is 9.18 Å². The predicted molar refractivity (Wildman–Crippen MR) is 87.0 cm³/mol. The summed E-state index contributed by atoms with van der Waals surface area (Å²) in [5.41, 5.74) is 4.13. The number of hydrogen-bond acceptors (Lipinski definition) is 2. The van der Waals surface area contributed by atoms with Crippen LogP contribution in [0.15, 0.2) is 47.6 Å². The van der Waals surface area contributed by atoms with Crippen molar-refractivity contribution in [3.8, 4) is 0 Å². The van der Waals surface area contributed by atoms with E-state index in [0.29, 0.717) is 11.5 Å². The first-order chi connectivity index (χ1) is 10.5. The van der Waals surface area contributed by atoms with Crippen LogP contribution in [0.25, 0.3) is 0 Å². The van der Waals surface area contributed by atoms with Crippen molar-refractivity contribution < 1.29 is 9.18 Å². The Bertz CT molecular complexity index is 676. The lowest BCUT2D eigenvalue weighted by molar-refractivity contribution is 0.0955. The summed E-state index contributed by atoms with van der Waals surface area (Å²) < 4.78 is 13.5. The van der Waals surface area contributed by atoms with E-state index in [1.54, 1.807) is 18.2 Å². The fourth-order valence-corrected chi connectivity index (χ4v) is 2.09. The smallest absolute Gasteiger partial charge is 0.267 e. The van der Waals surface area contributed by atoms with Gasteiger partial charge in [0.25, 0.3) is 5.91 Å². The molecule has 0 radical (unpaired) electrons. The summed E-state index contributed by atoms with van der Waals surface area (Å²) in [4.78, 5) is 11.9. The zero-order valence-corrected chi connectivity index (χ0v) is 13.1. The van der Waals surface area contributed by atoms with Crippen LogP contribution in [0.3, 0.4) is 0 Å². The maximum atomic E-state index is 13.5. The molecule has 5 heteroatoms. The Morgan fingerprint density at radius 3 is 2.50 bits per heavy atom. The lowest BCUT2D eigenvalue weighted by Crippen LogP contribution is -2.17. The first-order valence-electron chi connectivity index (χ1n) is 6.86. The van der Waals surface area contributed by atoms with Gasteiger partial charge in [-0.2, -0.15) is 5.10 Å². The van der Waals surface area contributed by atoms with Gasteiger partial charge < -0.3 is 0 Å². The first-order valence-corrected chi connectivity index (χ1v) is 7.24. The van der Waals surface area contributed by atoms with Crippen molar-refractivity contribution in [3.05, 3.63) is 70.0 Å². The molecule has 0 fully saturated rings. The largest absolute Gasteiger partial charge is 0.271 e. The Kier molecular flexibility index (Phi) is 5.28. The van der Waals surface area contributed by atoms with Gasteiger partial charge in [-0.15, -0.1) is 0 Å². The van der Waals surface area contributed by atoms with Crippen molar-refractivity contribution in [2.75, 3.05) is 0 Å². The number of carbonyl (C=O) groups is 1. The highest BCUT2D eigenvalue weighted by Crippen LogP contribution is 2.17. The van der Waals surface area contributed by atoms with Gasteiger partial charge in [0, 0.05) is 11.1 Å². The molecule has 114 valence electrons. The van der Waals surface area contributed by atoms with E-state index in [1.807, 2.05) is 12.1 Å². The molecule has 0 aliphatic rings. The van der Waals surface area contributed by atoms with E-state index in [1.165, 1.54) is 18.3 Å². The third kappa shape index (κ3) is 3.92. The number of hydrogen-bond donors (Lipinski definition) is 1. The number of carbonyl (C=O) groups excluding carboxylic acids is 1. The molecule has 0 bridgehead atoms. The number of amides is 1. The Labute approximate surface area is 133 Å². The quantitative estimate of drug-likeness (QED) is 0.660. The molecule has 1 amide bonds. The Balaban J connectivity index is 2.05. The lowest BCUT2D eigenvalue weighted by atomic mass is 10.0. The Morgan fingerprint density at radius 1 is 1.23 bits per heavy atom. The van der Waals surface area contributed by atoms with Crippen LogP contribution in [-0.2, 0) is 0 Å². The highest BCUT2D eigenvalue weighted by Gasteiger charge is 2.06. The van der Waals surface area contributed by atoms with E-state index in [0.717, 1.165) is 5.56 Å². The molecule has 0 aromatic heterocycles. The molecule has 22 heavy (non-hydrogen) atoms. The van der Waals surface area contributed by atoms with Crippen LogP contribution >= 0.6 is 11.6 Å². The van der Waals surface area contributed by atoms with Gasteiger partial charge in [-0.3, -0.25) is 4.79 Å². The van der Waals surface area contributed by atoms with E-state index >= 15 is 0 Å². The second-order valence-corrected chi connectivity index (χ2v) is 5.52. The number of rotatable bonds is 4. The van der Waals surface area contributed by atoms with Crippen LogP contribution in [0.5, 0.6) is 0 Å². The first kappa shape index (κ1) is 16.2. The molecule has 0 atom stereocenters. The summed E-state index contributed by atoms with van der Waals surface area (Å²) in [6, 6.07) is 11.6. The van der Waals surface area contributed by atoms with Gasteiger partial charge >= 0.3 is 0 Å². The van der Waals surface area contributed by atoms with E-state index in [4.69, 9.17) is 11.6 Å². The van der Waals surface area contributed by atoms with Gasteiger partial charge in [0.2, 0.25) is 0 Å². The number of halogens is 2. The molecule has 0 saturated heterocycles. The normalized spacial score (nSPS) is 11.1. The molecule has 2 aromatic rings. The summed E-state index contributed by atoms with van der Waals surface area (Å²) in [5.74, 6) is -0.455. The maximum Gasteiger partial charge on any atom is 0.271 e. The van der Waals surface area contributed by atoms with Crippen LogP contribution < -0.4 is 5.43 Å². The molecular formula is C17H16ClFN2O. The Hall–Kier alpha value is -2.20. The van der Waals surface area contributed by atoms with Crippen molar-refractivity contribution in [1.29, 1.82) is 0 Å². The third-order valence-electron chi connectivity index (χ3n) is 3.20. The summed E-state index contributed by atoms with van der Waals surface area (Å²) in [6.07, 6.45) is 1.19. The Morgan fingerprint density at radius 2 is 1.91 bits per heavy atom. The molecule has 1 N–H and O–H groups in total. The van der Waals surface area contributed by atoms with Crippen LogP contribution in [0.4, 0.5) is 4.39 Å². The second-order valence-electron chi connectivity index (χ2n) is 5.11. The topological polar surface area (TPSA) is 41.5 Å². The lowest BCUT2D eigenvalue weighted by Gasteiger charge is -2.06. The fourth-order valence-electron chi connectivity index (χ4n) is 1.87. The predicted octanol–water partition coefficient (Wildman–Crippen LogP) is 4.37. The molecule has 2 aromatic carbocycles. The molecule has 0 aliphatic carbocycles. The van der Waals surface area contributed by atoms with Crippen molar-refractivity contribution in [1.82, 2.24) is 5.43 Å². The van der Waals surface area contributed by atoms with Gasteiger partial charge in [-0.25, -0.2) is 9.82 Å². The number of benzene rings is 2. The molecule has 0 heterocycles. The number of nitrogens with zero attached hydrogens (tertiary/aromatic N) is 1. The van der Waals surface area contributed by atoms with Gasteiger partial charge in [-0.05, 0) is 35.7 Å². The fraction of sp³-hybridized carbons (Fsp3) is 0.176. The van der Waals surface area contributed by atoms with E-state index < -0.39 is 5.82 Å². The van der Waals surface area contributed by atoms with Crippen LogP contribution in [0.2, 0.25) is 5.02 Å². The van der Waals surface area contributed by atoms with E-state index in [-0.39, 0.29) is 16.5 Å². The highest BCUT2D eigenvalue weighted by molar-refractivity contribution is 6.33. The van der Waals surface area contributed by atoms with Crippen molar-refractivity contribution in [3.63, 3.8) is 0 Å². The van der Waals surface area contributed by atoms with Crippen molar-refractivity contribution in [2.45, 2.75) is 19.8 Å². The van der Waals surface area contributed by atoms with Gasteiger partial charge in [0.1, 0.15) is 5.82 Å². The zero-order chi connectivity index (χ0) is 16.1. The summed E-state index contributed by atoms with van der Waals surface area (Å²) >= 11 is 5.86. The van der Waals surface area contributed by atoms with E-state index in [2.05, 4.69) is 24.4 Å². The van der Waals surface area contributed by atoms with Crippen LogP contribution in [0, 0.1) is 5.82 Å². The van der Waals surface area contributed by atoms with Crippen molar-refractivity contribution >= 4 is 23.7 Å². The monoisotopic (exact) mass is 318 g/mol. The van der Waals surface area contributed by atoms with Crippen LogP contribution in [0.1, 0.15) is 41.3 Å². The maximum absolute atomic E-state index is 13.5. The summed E-state index contributed by atoms with van der Waals surface area (Å²) in [6.45, 7) is 4.16. The average molecular weight is 319 g/mol. The molecule has 0 aliphatic heterocycles.